The van der Waals surface area contributed by atoms with Gasteiger partial charge in [-0.05, 0) is 78.6 Å². The lowest BCUT2D eigenvalue weighted by Crippen LogP contribution is -2.52. The number of halogens is 4. The maximum atomic E-state index is 16.1. The lowest BCUT2D eigenvalue weighted by Gasteiger charge is -2.42. The first kappa shape index (κ1) is 30.5. The SMILES string of the molecule is CC(C)(C)C[C@@H]1N2[C@H](C3CC3)N(c3ccc(C(=O)O)cc3)C(=O)[C@H]2[C@H](c2cccc(Cl)c2F)[C@@]1(C#N)c1ccc(Cl)cc1F. The molecule has 0 unspecified atom stereocenters. The summed E-state index contributed by atoms with van der Waals surface area (Å²) in [7, 11) is 0. The van der Waals surface area contributed by atoms with Gasteiger partial charge < -0.3 is 5.11 Å². The van der Waals surface area contributed by atoms with Gasteiger partial charge in [-0.25, -0.2) is 13.6 Å². The lowest BCUT2D eigenvalue weighted by atomic mass is 9.62. The van der Waals surface area contributed by atoms with Crippen molar-refractivity contribution in [2.24, 2.45) is 11.3 Å². The van der Waals surface area contributed by atoms with E-state index in [9.17, 15) is 20.0 Å². The minimum Gasteiger partial charge on any atom is -0.478 e. The maximum Gasteiger partial charge on any atom is 0.335 e. The Bertz CT molecular complexity index is 1700. The number of nitriles is 1. The zero-order chi connectivity index (χ0) is 31.7. The number of rotatable bonds is 6. The van der Waals surface area contributed by atoms with E-state index in [1.807, 2.05) is 25.7 Å². The van der Waals surface area contributed by atoms with E-state index in [1.165, 1.54) is 36.4 Å². The Morgan fingerprint density at radius 3 is 2.34 bits per heavy atom. The molecule has 0 aromatic heterocycles. The van der Waals surface area contributed by atoms with Crippen molar-refractivity contribution < 1.29 is 23.5 Å². The third-order valence-electron chi connectivity index (χ3n) is 9.19. The molecule has 5 atom stereocenters. The standard InChI is InChI=1S/C34H31Cl2F2N3O3/c1-33(2,3)16-26-34(17-39,23-14-11-20(35)15-25(23)37)27(22-5-4-6-24(36)28(22)38)29-31(42)40(30(41(26)29)18-7-8-18)21-12-9-19(10-13-21)32(43)44/h4-6,9-15,18,26-27,29-30H,7-8,16H2,1-3H3,(H,43,44)/t26-,27-,29+,30+,34-/m0/s1. The van der Waals surface area contributed by atoms with Crippen LogP contribution in [0.25, 0.3) is 0 Å². The minimum absolute atomic E-state index is 0.0529. The number of hydrogen-bond acceptors (Lipinski definition) is 4. The van der Waals surface area contributed by atoms with Crippen molar-refractivity contribution in [2.45, 2.75) is 69.6 Å². The number of benzene rings is 3. The van der Waals surface area contributed by atoms with Crippen molar-refractivity contribution in [3.63, 3.8) is 0 Å². The summed E-state index contributed by atoms with van der Waals surface area (Å²) < 4.78 is 32.2. The van der Waals surface area contributed by atoms with Crippen LogP contribution >= 0.6 is 23.2 Å². The van der Waals surface area contributed by atoms with E-state index in [0.29, 0.717) is 12.1 Å². The van der Waals surface area contributed by atoms with Crippen LogP contribution in [0.1, 0.15) is 67.4 Å². The molecule has 6 rings (SSSR count). The highest BCUT2D eigenvalue weighted by molar-refractivity contribution is 6.31. The first-order valence-corrected chi connectivity index (χ1v) is 15.3. The average molecular weight is 639 g/mol. The zero-order valence-corrected chi connectivity index (χ0v) is 25.9. The van der Waals surface area contributed by atoms with Crippen molar-refractivity contribution in [2.75, 3.05) is 4.90 Å². The smallest absolute Gasteiger partial charge is 0.335 e. The van der Waals surface area contributed by atoms with E-state index >= 15 is 8.78 Å². The molecule has 228 valence electrons. The maximum absolute atomic E-state index is 16.1. The summed E-state index contributed by atoms with van der Waals surface area (Å²) in [4.78, 5) is 30.1. The van der Waals surface area contributed by atoms with E-state index in [1.54, 1.807) is 23.1 Å². The Morgan fingerprint density at radius 1 is 1.09 bits per heavy atom. The summed E-state index contributed by atoms with van der Waals surface area (Å²) in [5.74, 6) is -3.99. The second kappa shape index (κ2) is 10.8. The predicted octanol–water partition coefficient (Wildman–Crippen LogP) is 7.79. The Hall–Kier alpha value is -3.51. The van der Waals surface area contributed by atoms with Gasteiger partial charge >= 0.3 is 5.97 Å². The first-order chi connectivity index (χ1) is 20.8. The average Bonchev–Trinajstić information content (AvgIpc) is 3.71. The molecule has 1 aliphatic carbocycles. The second-order valence-electron chi connectivity index (χ2n) is 13.2. The fourth-order valence-corrected chi connectivity index (χ4v) is 7.72. The van der Waals surface area contributed by atoms with E-state index in [-0.39, 0.29) is 44.0 Å². The van der Waals surface area contributed by atoms with Gasteiger partial charge in [0.2, 0.25) is 5.91 Å². The highest BCUT2D eigenvalue weighted by atomic mass is 35.5. The first-order valence-electron chi connectivity index (χ1n) is 14.5. The Labute approximate surface area is 264 Å². The molecule has 1 amide bonds. The van der Waals surface area contributed by atoms with Gasteiger partial charge in [-0.15, -0.1) is 0 Å². The van der Waals surface area contributed by atoms with E-state index in [0.717, 1.165) is 18.9 Å². The molecule has 6 nitrogen and oxygen atoms in total. The van der Waals surface area contributed by atoms with Gasteiger partial charge in [0.15, 0.2) is 0 Å². The molecule has 0 radical (unpaired) electrons. The third kappa shape index (κ3) is 4.77. The number of hydrogen-bond donors (Lipinski definition) is 1. The van der Waals surface area contributed by atoms with Crippen LogP contribution in [0.15, 0.2) is 60.7 Å². The molecule has 3 aromatic rings. The monoisotopic (exact) mass is 637 g/mol. The summed E-state index contributed by atoms with van der Waals surface area (Å²) >= 11 is 12.5. The van der Waals surface area contributed by atoms with E-state index in [2.05, 4.69) is 6.07 Å². The van der Waals surface area contributed by atoms with Crippen molar-refractivity contribution >= 4 is 40.8 Å². The molecule has 1 N–H and O–H groups in total. The summed E-state index contributed by atoms with van der Waals surface area (Å²) in [6, 6.07) is 15.4. The summed E-state index contributed by atoms with van der Waals surface area (Å²) in [6.45, 7) is 6.05. The number of carbonyl (C=O) groups is 2. The zero-order valence-electron chi connectivity index (χ0n) is 24.4. The molecule has 3 fully saturated rings. The summed E-state index contributed by atoms with van der Waals surface area (Å²) in [5.41, 5.74) is -1.38. The number of anilines is 1. The van der Waals surface area contributed by atoms with Gasteiger partial charge in [-0.2, -0.15) is 5.26 Å². The van der Waals surface area contributed by atoms with Crippen molar-refractivity contribution in [1.29, 1.82) is 5.26 Å². The van der Waals surface area contributed by atoms with Gasteiger partial charge in [0.25, 0.3) is 0 Å². The number of nitrogens with zero attached hydrogens (tertiary/aromatic N) is 3. The minimum atomic E-state index is -1.69. The Kier molecular flexibility index (Phi) is 7.51. The highest BCUT2D eigenvalue weighted by Gasteiger charge is 2.71. The summed E-state index contributed by atoms with van der Waals surface area (Å²) in [5, 5.41) is 20.7. The van der Waals surface area contributed by atoms with Crippen LogP contribution in [-0.2, 0) is 10.2 Å². The molecule has 10 heteroatoms. The number of amides is 1. The molecular formula is C34H31Cl2F2N3O3. The summed E-state index contributed by atoms with van der Waals surface area (Å²) in [6.07, 6.45) is 1.54. The van der Waals surface area contributed by atoms with Crippen LogP contribution in [0.4, 0.5) is 14.5 Å². The van der Waals surface area contributed by atoms with Gasteiger partial charge in [-0.1, -0.05) is 62.2 Å². The van der Waals surface area contributed by atoms with Crippen molar-refractivity contribution in [1.82, 2.24) is 4.90 Å². The fraction of sp³-hybridized carbons (Fsp3) is 0.382. The number of carbonyl (C=O) groups excluding carboxylic acids is 1. The van der Waals surface area contributed by atoms with Gasteiger partial charge in [-0.3, -0.25) is 14.6 Å². The molecule has 1 saturated carbocycles. The lowest BCUT2D eigenvalue weighted by molar-refractivity contribution is -0.119. The van der Waals surface area contributed by atoms with Crippen molar-refractivity contribution in [3.05, 3.63) is 99.0 Å². The number of aromatic carboxylic acids is 1. The van der Waals surface area contributed by atoms with Crippen LogP contribution in [0.2, 0.25) is 10.0 Å². The Morgan fingerprint density at radius 2 is 1.77 bits per heavy atom. The number of fused-ring (bicyclic) bond motifs is 1. The molecule has 2 aliphatic heterocycles. The van der Waals surface area contributed by atoms with E-state index in [4.69, 9.17) is 23.2 Å². The van der Waals surface area contributed by atoms with Crippen LogP contribution in [0.5, 0.6) is 0 Å². The van der Waals surface area contributed by atoms with Crippen LogP contribution in [0, 0.1) is 34.3 Å². The fourth-order valence-electron chi connectivity index (χ4n) is 7.37. The highest BCUT2D eigenvalue weighted by Crippen LogP contribution is 2.61. The van der Waals surface area contributed by atoms with Crippen LogP contribution in [-0.4, -0.2) is 40.1 Å². The van der Waals surface area contributed by atoms with E-state index < -0.39 is 47.2 Å². The largest absolute Gasteiger partial charge is 0.478 e. The van der Waals surface area contributed by atoms with Gasteiger partial charge in [0, 0.05) is 28.2 Å². The molecule has 0 bridgehead atoms. The van der Waals surface area contributed by atoms with Crippen LogP contribution in [0.3, 0.4) is 0 Å². The second-order valence-corrected chi connectivity index (χ2v) is 14.1. The van der Waals surface area contributed by atoms with Gasteiger partial charge in [0.05, 0.1) is 22.8 Å². The molecule has 3 aromatic carbocycles. The number of carboxylic acid groups (broad SMARTS) is 1. The molecule has 2 heterocycles. The molecule has 3 aliphatic rings. The predicted molar refractivity (Wildman–Crippen MR) is 164 cm³/mol. The number of carboxylic acids is 1. The van der Waals surface area contributed by atoms with Gasteiger partial charge in [0.1, 0.15) is 23.1 Å². The Balaban J connectivity index is 1.65. The molecule has 0 spiro atoms. The molecule has 2 saturated heterocycles. The molecule has 44 heavy (non-hydrogen) atoms. The van der Waals surface area contributed by atoms with Crippen LogP contribution < -0.4 is 4.90 Å². The van der Waals surface area contributed by atoms with Crippen molar-refractivity contribution in [3.8, 4) is 6.07 Å². The topological polar surface area (TPSA) is 84.6 Å². The normalized spacial score (nSPS) is 27.0. The quantitative estimate of drug-likeness (QED) is 0.298. The molecular weight excluding hydrogens is 607 g/mol. The third-order valence-corrected chi connectivity index (χ3v) is 9.72.